The van der Waals surface area contributed by atoms with Crippen molar-refractivity contribution in [2.45, 2.75) is 6.42 Å². The molecule has 0 fully saturated rings. The molecular formula is C9H6ClFN2S. The molecule has 0 amide bonds. The zero-order chi connectivity index (χ0) is 9.97. The van der Waals surface area contributed by atoms with Crippen LogP contribution in [0.3, 0.4) is 0 Å². The van der Waals surface area contributed by atoms with E-state index in [1.165, 1.54) is 23.5 Å². The van der Waals surface area contributed by atoms with Crippen molar-refractivity contribution in [1.82, 2.24) is 10.2 Å². The molecule has 0 saturated heterocycles. The summed E-state index contributed by atoms with van der Waals surface area (Å²) < 4.78 is 13.0. The molecule has 0 radical (unpaired) electrons. The van der Waals surface area contributed by atoms with Crippen molar-refractivity contribution in [2.24, 2.45) is 0 Å². The normalized spacial score (nSPS) is 10.4. The van der Waals surface area contributed by atoms with Crippen LogP contribution >= 0.6 is 22.9 Å². The Labute approximate surface area is 89.4 Å². The number of halogens is 2. The minimum absolute atomic E-state index is 0.232. The van der Waals surface area contributed by atoms with E-state index in [1.54, 1.807) is 12.1 Å². The van der Waals surface area contributed by atoms with E-state index in [-0.39, 0.29) is 5.82 Å². The molecule has 0 bridgehead atoms. The van der Waals surface area contributed by atoms with Crippen LogP contribution in [0.5, 0.6) is 0 Å². The molecule has 0 saturated carbocycles. The number of rotatable bonds is 2. The molecule has 0 aliphatic carbocycles. The molecule has 0 N–H and O–H groups in total. The fourth-order valence-corrected chi connectivity index (χ4v) is 1.98. The molecule has 0 atom stereocenters. The third-order valence-electron chi connectivity index (χ3n) is 1.71. The van der Waals surface area contributed by atoms with Crippen molar-refractivity contribution < 1.29 is 4.39 Å². The third kappa shape index (κ3) is 2.27. The van der Waals surface area contributed by atoms with Gasteiger partial charge < -0.3 is 0 Å². The Kier molecular flexibility index (Phi) is 2.74. The zero-order valence-corrected chi connectivity index (χ0v) is 8.65. The van der Waals surface area contributed by atoms with E-state index in [9.17, 15) is 4.39 Å². The fraction of sp³-hybridized carbons (Fsp3) is 0.111. The molecule has 0 aliphatic rings. The Bertz CT molecular complexity index is 427. The number of hydrogen-bond acceptors (Lipinski definition) is 3. The number of aromatic nitrogens is 2. The van der Waals surface area contributed by atoms with Gasteiger partial charge in [0.2, 0.25) is 4.47 Å². The summed E-state index contributed by atoms with van der Waals surface area (Å²) in [6.45, 7) is 0. The largest absolute Gasteiger partial charge is 0.207 e. The monoisotopic (exact) mass is 228 g/mol. The second kappa shape index (κ2) is 4.02. The Morgan fingerprint density at radius 1 is 1.21 bits per heavy atom. The highest BCUT2D eigenvalue weighted by molar-refractivity contribution is 7.15. The van der Waals surface area contributed by atoms with Gasteiger partial charge in [-0.2, -0.15) is 0 Å². The average molecular weight is 229 g/mol. The van der Waals surface area contributed by atoms with Crippen LogP contribution in [-0.4, -0.2) is 10.2 Å². The lowest BCUT2D eigenvalue weighted by Crippen LogP contribution is -1.87. The van der Waals surface area contributed by atoms with Gasteiger partial charge in [-0.3, -0.25) is 0 Å². The summed E-state index contributed by atoms with van der Waals surface area (Å²) in [5, 5.41) is 8.40. The molecular weight excluding hydrogens is 223 g/mol. The quantitative estimate of drug-likeness (QED) is 0.790. The van der Waals surface area contributed by atoms with Crippen molar-refractivity contribution in [3.8, 4) is 0 Å². The van der Waals surface area contributed by atoms with Gasteiger partial charge in [0, 0.05) is 6.42 Å². The van der Waals surface area contributed by atoms with Gasteiger partial charge in [-0.15, -0.1) is 10.2 Å². The Hall–Kier alpha value is -1.00. The Morgan fingerprint density at radius 3 is 2.50 bits per heavy atom. The Morgan fingerprint density at radius 2 is 1.93 bits per heavy atom. The molecule has 5 heteroatoms. The van der Waals surface area contributed by atoms with E-state index < -0.39 is 0 Å². The lowest BCUT2D eigenvalue weighted by atomic mass is 10.2. The minimum Gasteiger partial charge on any atom is -0.207 e. The zero-order valence-electron chi connectivity index (χ0n) is 7.08. The molecule has 1 aromatic heterocycles. The maximum Gasteiger partial charge on any atom is 0.207 e. The second-order valence-corrected chi connectivity index (χ2v) is 4.40. The van der Waals surface area contributed by atoms with Gasteiger partial charge in [0.1, 0.15) is 10.8 Å². The molecule has 72 valence electrons. The van der Waals surface area contributed by atoms with Crippen LogP contribution in [0.1, 0.15) is 10.6 Å². The molecule has 0 spiro atoms. The maximum atomic E-state index is 12.6. The number of hydrogen-bond donors (Lipinski definition) is 0. The van der Waals surface area contributed by atoms with Crippen LogP contribution < -0.4 is 0 Å². The topological polar surface area (TPSA) is 25.8 Å². The van der Waals surface area contributed by atoms with Gasteiger partial charge in [-0.25, -0.2) is 4.39 Å². The van der Waals surface area contributed by atoms with Gasteiger partial charge in [-0.1, -0.05) is 23.5 Å². The van der Waals surface area contributed by atoms with Crippen LogP contribution in [0.15, 0.2) is 24.3 Å². The van der Waals surface area contributed by atoms with E-state index in [1.807, 2.05) is 0 Å². The molecule has 0 unspecified atom stereocenters. The predicted molar refractivity (Wildman–Crippen MR) is 54.1 cm³/mol. The van der Waals surface area contributed by atoms with E-state index >= 15 is 0 Å². The van der Waals surface area contributed by atoms with E-state index in [4.69, 9.17) is 11.6 Å². The van der Waals surface area contributed by atoms with Gasteiger partial charge >= 0.3 is 0 Å². The average Bonchev–Trinajstić information content (AvgIpc) is 2.56. The summed E-state index contributed by atoms with van der Waals surface area (Å²) >= 11 is 6.97. The summed E-state index contributed by atoms with van der Waals surface area (Å²) in [7, 11) is 0. The second-order valence-electron chi connectivity index (χ2n) is 2.75. The van der Waals surface area contributed by atoms with Gasteiger partial charge in [0.25, 0.3) is 0 Å². The molecule has 0 aliphatic heterocycles. The summed E-state index contributed by atoms with van der Waals surface area (Å²) in [6, 6.07) is 6.31. The minimum atomic E-state index is -0.232. The first-order valence-electron chi connectivity index (χ1n) is 3.96. The number of benzene rings is 1. The third-order valence-corrected chi connectivity index (χ3v) is 2.73. The number of nitrogens with zero attached hydrogens (tertiary/aromatic N) is 2. The molecule has 1 heterocycles. The first-order valence-corrected chi connectivity index (χ1v) is 5.16. The van der Waals surface area contributed by atoms with Crippen molar-refractivity contribution in [3.63, 3.8) is 0 Å². The molecule has 2 aromatic rings. The van der Waals surface area contributed by atoms with Crippen molar-refractivity contribution in [3.05, 3.63) is 45.1 Å². The lowest BCUT2D eigenvalue weighted by molar-refractivity contribution is 0.627. The summed E-state index contributed by atoms with van der Waals surface area (Å²) in [6.07, 6.45) is 0.644. The van der Waals surface area contributed by atoms with Crippen molar-refractivity contribution in [1.29, 1.82) is 0 Å². The summed E-state index contributed by atoms with van der Waals surface area (Å²) in [4.78, 5) is 0. The standard InChI is InChI=1S/C9H6ClFN2S/c10-9-13-12-8(14-9)5-6-1-3-7(11)4-2-6/h1-4H,5H2. The van der Waals surface area contributed by atoms with Crippen LogP contribution in [0.25, 0.3) is 0 Å². The molecule has 2 rings (SSSR count). The fourth-order valence-electron chi connectivity index (χ4n) is 1.08. The van der Waals surface area contributed by atoms with Gasteiger partial charge in [0.15, 0.2) is 0 Å². The van der Waals surface area contributed by atoms with Gasteiger partial charge in [-0.05, 0) is 29.3 Å². The van der Waals surface area contributed by atoms with E-state index in [2.05, 4.69) is 10.2 Å². The summed E-state index contributed by atoms with van der Waals surface area (Å²) in [5.74, 6) is -0.232. The Balaban J connectivity index is 2.15. The van der Waals surface area contributed by atoms with Crippen LogP contribution in [-0.2, 0) is 6.42 Å². The lowest BCUT2D eigenvalue weighted by Gasteiger charge is -1.95. The van der Waals surface area contributed by atoms with Crippen LogP contribution in [0.4, 0.5) is 4.39 Å². The summed E-state index contributed by atoms with van der Waals surface area (Å²) in [5.41, 5.74) is 0.999. The van der Waals surface area contributed by atoms with Crippen molar-refractivity contribution in [2.75, 3.05) is 0 Å². The predicted octanol–water partition coefficient (Wildman–Crippen LogP) is 2.92. The highest BCUT2D eigenvalue weighted by Crippen LogP contribution is 2.18. The highest BCUT2D eigenvalue weighted by Gasteiger charge is 2.02. The van der Waals surface area contributed by atoms with Gasteiger partial charge in [0.05, 0.1) is 0 Å². The van der Waals surface area contributed by atoms with Crippen LogP contribution in [0.2, 0.25) is 4.47 Å². The van der Waals surface area contributed by atoms with Crippen LogP contribution in [0, 0.1) is 5.82 Å². The molecule has 14 heavy (non-hydrogen) atoms. The first kappa shape index (κ1) is 9.55. The van der Waals surface area contributed by atoms with E-state index in [0.29, 0.717) is 10.9 Å². The maximum absolute atomic E-state index is 12.6. The van der Waals surface area contributed by atoms with E-state index in [0.717, 1.165) is 10.6 Å². The molecule has 1 aromatic carbocycles. The molecule has 2 nitrogen and oxygen atoms in total. The smallest absolute Gasteiger partial charge is 0.207 e. The highest BCUT2D eigenvalue weighted by atomic mass is 35.5. The first-order chi connectivity index (χ1) is 6.74. The van der Waals surface area contributed by atoms with Crippen molar-refractivity contribution >= 4 is 22.9 Å². The SMILES string of the molecule is Fc1ccc(Cc2nnc(Cl)s2)cc1.